The van der Waals surface area contributed by atoms with Crippen molar-refractivity contribution in [2.75, 3.05) is 44.0 Å². The summed E-state index contributed by atoms with van der Waals surface area (Å²) in [6.07, 6.45) is 2.52. The maximum Gasteiger partial charge on any atom is 0.411 e. The van der Waals surface area contributed by atoms with Crippen LogP contribution in [0.5, 0.6) is 5.88 Å². The summed E-state index contributed by atoms with van der Waals surface area (Å²) >= 11 is 6.23. The standard InChI is InChI=1S/C21H25ClN8O3/c1-32-9-8-30-6-4-13-2-3-15(10-14(13)5-7-30)25-21-24-12-16(22)19(27-21)26-17-11-18(29-28-17)33-20(23)31/h2-3,10-12H,4-9H2,1H3,(H2,23,31)(H3,24,25,26,27,28,29). The topological polar surface area (TPSA) is 143 Å². The van der Waals surface area contributed by atoms with Crippen molar-refractivity contribution in [2.24, 2.45) is 5.73 Å². The number of fused-ring (bicyclic) bond motifs is 1. The van der Waals surface area contributed by atoms with Crippen LogP contribution in [-0.4, -0.2) is 64.5 Å². The minimum absolute atomic E-state index is 0.0271. The Morgan fingerprint density at radius 1 is 1.24 bits per heavy atom. The normalized spacial score (nSPS) is 13.8. The van der Waals surface area contributed by atoms with Crippen molar-refractivity contribution in [1.82, 2.24) is 25.1 Å². The summed E-state index contributed by atoms with van der Waals surface area (Å²) in [5.41, 5.74) is 8.55. The second-order valence-electron chi connectivity index (χ2n) is 7.50. The minimum Gasteiger partial charge on any atom is -0.390 e. The highest BCUT2D eigenvalue weighted by molar-refractivity contribution is 6.32. The number of aromatic nitrogens is 4. The summed E-state index contributed by atoms with van der Waals surface area (Å²) in [6.45, 7) is 3.71. The zero-order valence-electron chi connectivity index (χ0n) is 18.1. The molecule has 0 spiro atoms. The molecular weight excluding hydrogens is 448 g/mol. The lowest BCUT2D eigenvalue weighted by molar-refractivity contribution is 0.150. The van der Waals surface area contributed by atoms with Crippen molar-refractivity contribution in [3.8, 4) is 5.88 Å². The van der Waals surface area contributed by atoms with E-state index in [0.717, 1.165) is 44.8 Å². The first kappa shape index (κ1) is 22.8. The van der Waals surface area contributed by atoms with Crippen LogP contribution < -0.4 is 21.1 Å². The van der Waals surface area contributed by atoms with Gasteiger partial charge in [0.25, 0.3) is 0 Å². The molecule has 1 aromatic carbocycles. The third-order valence-corrected chi connectivity index (χ3v) is 5.50. The summed E-state index contributed by atoms with van der Waals surface area (Å²) in [4.78, 5) is 22.0. The van der Waals surface area contributed by atoms with Gasteiger partial charge in [-0.2, -0.15) is 4.98 Å². The van der Waals surface area contributed by atoms with Crippen molar-refractivity contribution < 1.29 is 14.3 Å². The van der Waals surface area contributed by atoms with E-state index >= 15 is 0 Å². The monoisotopic (exact) mass is 472 g/mol. The molecule has 0 atom stereocenters. The maximum absolute atomic E-state index is 10.8. The maximum atomic E-state index is 10.8. The molecule has 12 heteroatoms. The number of nitrogens with one attached hydrogen (secondary N) is 3. The number of carbonyl (C=O) groups excluding carboxylic acids is 1. The van der Waals surface area contributed by atoms with E-state index in [2.05, 4.69) is 47.8 Å². The molecule has 0 bridgehead atoms. The van der Waals surface area contributed by atoms with Gasteiger partial charge in [0.15, 0.2) is 5.82 Å². The van der Waals surface area contributed by atoms with Crippen LogP contribution >= 0.6 is 11.6 Å². The predicted molar refractivity (Wildman–Crippen MR) is 125 cm³/mol. The first-order valence-corrected chi connectivity index (χ1v) is 10.8. The fourth-order valence-corrected chi connectivity index (χ4v) is 3.73. The SMILES string of the molecule is COCCN1CCc2ccc(Nc3ncc(Cl)c(Nc4cc(OC(N)=O)n[nH]4)n3)cc2CC1. The minimum atomic E-state index is -0.956. The Labute approximate surface area is 195 Å². The molecule has 1 aliphatic rings. The van der Waals surface area contributed by atoms with Gasteiger partial charge >= 0.3 is 6.09 Å². The van der Waals surface area contributed by atoms with Gasteiger partial charge in [0.05, 0.1) is 12.8 Å². The Bertz CT molecular complexity index is 1120. The Morgan fingerprint density at radius 3 is 2.85 bits per heavy atom. The molecule has 0 radical (unpaired) electrons. The van der Waals surface area contributed by atoms with Gasteiger partial charge in [-0.3, -0.25) is 5.10 Å². The number of methoxy groups -OCH3 is 1. The fraction of sp³-hybridized carbons (Fsp3) is 0.333. The number of hydrogen-bond acceptors (Lipinski definition) is 9. The van der Waals surface area contributed by atoms with Gasteiger partial charge in [-0.05, 0) is 36.1 Å². The predicted octanol–water partition coefficient (Wildman–Crippen LogP) is 2.84. The number of rotatable bonds is 8. The molecule has 11 nitrogen and oxygen atoms in total. The zero-order valence-corrected chi connectivity index (χ0v) is 18.9. The van der Waals surface area contributed by atoms with Gasteiger partial charge in [0, 0.05) is 38.5 Å². The Hall–Kier alpha value is -3.41. The van der Waals surface area contributed by atoms with Crippen LogP contribution in [0.1, 0.15) is 11.1 Å². The zero-order chi connectivity index (χ0) is 23.2. The third-order valence-electron chi connectivity index (χ3n) is 5.23. The Morgan fingerprint density at radius 2 is 2.06 bits per heavy atom. The van der Waals surface area contributed by atoms with Crippen LogP contribution in [0, 0.1) is 0 Å². The molecule has 4 rings (SSSR count). The number of anilines is 4. The molecule has 1 amide bonds. The van der Waals surface area contributed by atoms with Gasteiger partial charge < -0.3 is 30.7 Å². The van der Waals surface area contributed by atoms with E-state index in [1.54, 1.807) is 7.11 Å². The average Bonchev–Trinajstić information content (AvgIpc) is 3.11. The number of nitrogens with two attached hydrogens (primary N) is 1. The molecule has 0 unspecified atom stereocenters. The lowest BCUT2D eigenvalue weighted by Gasteiger charge is -2.18. The smallest absolute Gasteiger partial charge is 0.390 e. The number of primary amides is 1. The molecule has 1 aliphatic heterocycles. The quantitative estimate of drug-likeness (QED) is 0.389. The number of benzene rings is 1. The van der Waals surface area contributed by atoms with Crippen LogP contribution in [-0.2, 0) is 17.6 Å². The summed E-state index contributed by atoms with van der Waals surface area (Å²) in [5, 5.41) is 13.0. The molecule has 3 heterocycles. The number of ether oxygens (including phenoxy) is 2. The summed E-state index contributed by atoms with van der Waals surface area (Å²) < 4.78 is 9.92. The second-order valence-corrected chi connectivity index (χ2v) is 7.91. The lowest BCUT2D eigenvalue weighted by Crippen LogP contribution is -2.29. The van der Waals surface area contributed by atoms with Crippen molar-refractivity contribution in [1.29, 1.82) is 0 Å². The molecule has 3 aromatic rings. The van der Waals surface area contributed by atoms with Crippen molar-refractivity contribution >= 4 is 41.0 Å². The van der Waals surface area contributed by atoms with Gasteiger partial charge in [-0.1, -0.05) is 17.7 Å². The Balaban J connectivity index is 1.44. The molecule has 0 saturated heterocycles. The summed E-state index contributed by atoms with van der Waals surface area (Å²) in [5.74, 6) is 1.18. The van der Waals surface area contributed by atoms with Crippen LogP contribution in [0.2, 0.25) is 5.02 Å². The lowest BCUT2D eigenvalue weighted by atomic mass is 10.0. The van der Waals surface area contributed by atoms with E-state index < -0.39 is 6.09 Å². The number of halogens is 1. The number of amides is 1. The number of nitrogens with zero attached hydrogens (tertiary/aromatic N) is 4. The first-order valence-electron chi connectivity index (χ1n) is 10.4. The van der Waals surface area contributed by atoms with Gasteiger partial charge in [0.2, 0.25) is 11.8 Å². The average molecular weight is 473 g/mol. The number of aromatic amines is 1. The number of hydrogen-bond donors (Lipinski definition) is 4. The van der Waals surface area contributed by atoms with Crippen LogP contribution in [0.15, 0.2) is 30.5 Å². The highest BCUT2D eigenvalue weighted by Crippen LogP contribution is 2.26. The molecule has 2 aromatic heterocycles. The van der Waals surface area contributed by atoms with Crippen molar-refractivity contribution in [3.05, 3.63) is 46.6 Å². The van der Waals surface area contributed by atoms with Gasteiger partial charge in [-0.15, -0.1) is 5.10 Å². The second kappa shape index (κ2) is 10.5. The van der Waals surface area contributed by atoms with E-state index in [1.165, 1.54) is 23.4 Å². The van der Waals surface area contributed by atoms with Crippen molar-refractivity contribution in [2.45, 2.75) is 12.8 Å². The van der Waals surface area contributed by atoms with E-state index in [1.807, 2.05) is 6.07 Å². The molecule has 5 N–H and O–H groups in total. The number of carbonyl (C=O) groups is 1. The highest BCUT2D eigenvalue weighted by atomic mass is 35.5. The van der Waals surface area contributed by atoms with Crippen LogP contribution in [0.25, 0.3) is 0 Å². The summed E-state index contributed by atoms with van der Waals surface area (Å²) in [6, 6.07) is 7.77. The molecule has 0 fully saturated rings. The first-order chi connectivity index (χ1) is 16.0. The molecule has 33 heavy (non-hydrogen) atoms. The third kappa shape index (κ3) is 6.09. The fourth-order valence-electron chi connectivity index (χ4n) is 3.59. The van der Waals surface area contributed by atoms with Crippen LogP contribution in [0.4, 0.5) is 28.1 Å². The van der Waals surface area contributed by atoms with Crippen LogP contribution in [0.3, 0.4) is 0 Å². The molecular formula is C21H25ClN8O3. The van der Waals surface area contributed by atoms with E-state index in [4.69, 9.17) is 26.8 Å². The molecule has 0 aliphatic carbocycles. The van der Waals surface area contributed by atoms with Gasteiger partial charge in [-0.25, -0.2) is 9.78 Å². The van der Waals surface area contributed by atoms with E-state index in [0.29, 0.717) is 22.6 Å². The Kier molecular flexibility index (Phi) is 7.23. The largest absolute Gasteiger partial charge is 0.411 e. The summed E-state index contributed by atoms with van der Waals surface area (Å²) in [7, 11) is 1.73. The van der Waals surface area contributed by atoms with Gasteiger partial charge in [0.1, 0.15) is 10.8 Å². The van der Waals surface area contributed by atoms with E-state index in [9.17, 15) is 4.79 Å². The highest BCUT2D eigenvalue weighted by Gasteiger charge is 2.15. The molecule has 0 saturated carbocycles. The van der Waals surface area contributed by atoms with Crippen molar-refractivity contribution in [3.63, 3.8) is 0 Å². The number of H-pyrrole nitrogens is 1. The molecule has 174 valence electrons. The van der Waals surface area contributed by atoms with E-state index in [-0.39, 0.29) is 5.88 Å².